The Morgan fingerprint density at radius 1 is 1.02 bits per heavy atom. The molecule has 0 radical (unpaired) electrons. The van der Waals surface area contributed by atoms with Crippen LogP contribution in [0.5, 0.6) is 11.5 Å². The zero-order valence-corrected chi connectivity index (χ0v) is 21.9. The molecule has 1 aromatic carbocycles. The van der Waals surface area contributed by atoms with E-state index < -0.39 is 11.7 Å². The molecule has 0 fully saturated rings. The maximum Gasteiger partial charge on any atom is 0.416 e. The van der Waals surface area contributed by atoms with E-state index >= 15 is 0 Å². The third-order valence-electron chi connectivity index (χ3n) is 6.17. The van der Waals surface area contributed by atoms with Gasteiger partial charge in [0.25, 0.3) is 0 Å². The molecule has 5 aromatic heterocycles. The highest BCUT2D eigenvalue weighted by molar-refractivity contribution is 6.36. The highest BCUT2D eigenvalue weighted by Crippen LogP contribution is 2.38. The molecule has 0 aliphatic carbocycles. The summed E-state index contributed by atoms with van der Waals surface area (Å²) in [5.41, 5.74) is 1.59. The molecule has 0 saturated heterocycles. The molecule has 0 atom stereocenters. The van der Waals surface area contributed by atoms with Crippen LogP contribution in [0.4, 0.5) is 30.6 Å². The Bertz CT molecular complexity index is 1890. The Morgan fingerprint density at radius 2 is 1.85 bits per heavy atom. The van der Waals surface area contributed by atoms with Crippen LogP contribution in [0.1, 0.15) is 11.3 Å². The first-order chi connectivity index (χ1) is 19.1. The number of pyridine rings is 1. The van der Waals surface area contributed by atoms with Gasteiger partial charge < -0.3 is 24.5 Å². The van der Waals surface area contributed by atoms with Crippen molar-refractivity contribution in [2.45, 2.75) is 13.1 Å². The van der Waals surface area contributed by atoms with Crippen LogP contribution in [-0.4, -0.2) is 45.7 Å². The van der Waals surface area contributed by atoms with Gasteiger partial charge >= 0.3 is 6.18 Å². The fourth-order valence-electron chi connectivity index (χ4n) is 4.28. The van der Waals surface area contributed by atoms with Gasteiger partial charge in [-0.05, 0) is 25.1 Å². The number of halogens is 4. The van der Waals surface area contributed by atoms with Crippen molar-refractivity contribution in [2.75, 3.05) is 17.7 Å². The van der Waals surface area contributed by atoms with E-state index in [-0.39, 0.29) is 33.7 Å². The van der Waals surface area contributed by atoms with Crippen LogP contribution in [0.2, 0.25) is 5.02 Å². The first kappa shape index (κ1) is 25.4. The summed E-state index contributed by atoms with van der Waals surface area (Å²) in [5, 5.41) is 10.4. The summed E-state index contributed by atoms with van der Waals surface area (Å²) in [6.07, 6.45) is 4.76. The summed E-state index contributed by atoms with van der Waals surface area (Å²) in [6.45, 7) is 1.75. The number of aromatic nitrogens is 8. The first-order valence-corrected chi connectivity index (χ1v) is 12.2. The number of aryl methyl sites for hydroxylation is 2. The van der Waals surface area contributed by atoms with Crippen molar-refractivity contribution in [1.29, 1.82) is 0 Å². The number of hydrogen-bond donors (Lipinski definition) is 2. The SMILES string of the molecule is CNc1nccn2ncc(Oc3cnc4nc(Nc5cc(-n6cnc(C)c6)cc(C(F)(F)F)c5)n(C)c4c3Cl)c12. The van der Waals surface area contributed by atoms with Crippen LogP contribution in [-0.2, 0) is 13.2 Å². The fraction of sp³-hybridized carbons (Fsp3) is 0.160. The monoisotopic (exact) mass is 568 g/mol. The normalized spacial score (nSPS) is 11.9. The minimum Gasteiger partial charge on any atom is -0.450 e. The molecule has 6 aromatic rings. The lowest BCUT2D eigenvalue weighted by atomic mass is 10.1. The number of fused-ring (bicyclic) bond motifs is 2. The Labute approximate surface area is 229 Å². The molecule has 0 amide bonds. The van der Waals surface area contributed by atoms with Crippen molar-refractivity contribution < 1.29 is 17.9 Å². The number of benzene rings is 1. The lowest BCUT2D eigenvalue weighted by Gasteiger charge is -2.14. The molecular formula is C25H20ClF3N10O. The number of nitrogens with one attached hydrogen (secondary N) is 2. The quantitative estimate of drug-likeness (QED) is 0.261. The molecule has 2 N–H and O–H groups in total. The molecule has 40 heavy (non-hydrogen) atoms. The molecule has 0 saturated carbocycles. The summed E-state index contributed by atoms with van der Waals surface area (Å²) in [7, 11) is 3.40. The molecule has 0 bridgehead atoms. The molecular weight excluding hydrogens is 549 g/mol. The van der Waals surface area contributed by atoms with Gasteiger partial charge in [0, 0.05) is 44.1 Å². The molecule has 15 heteroatoms. The van der Waals surface area contributed by atoms with Gasteiger partial charge in [0.2, 0.25) is 5.95 Å². The number of ether oxygens (including phenoxy) is 1. The lowest BCUT2D eigenvalue weighted by molar-refractivity contribution is -0.137. The van der Waals surface area contributed by atoms with Gasteiger partial charge in [-0.15, -0.1) is 0 Å². The topological polar surface area (TPSA) is 112 Å². The Kier molecular flexibility index (Phi) is 5.98. The van der Waals surface area contributed by atoms with E-state index in [4.69, 9.17) is 16.3 Å². The average Bonchev–Trinajstić information content (AvgIpc) is 3.63. The van der Waals surface area contributed by atoms with Crippen molar-refractivity contribution in [3.8, 4) is 17.2 Å². The van der Waals surface area contributed by atoms with Gasteiger partial charge in [-0.1, -0.05) is 11.6 Å². The number of anilines is 3. The van der Waals surface area contributed by atoms with Crippen molar-refractivity contribution in [1.82, 2.24) is 38.7 Å². The average molecular weight is 569 g/mol. The predicted octanol–water partition coefficient (Wildman–Crippen LogP) is 5.75. The number of alkyl halides is 3. The van der Waals surface area contributed by atoms with E-state index in [2.05, 4.69) is 35.7 Å². The van der Waals surface area contributed by atoms with Gasteiger partial charge in [0.05, 0.1) is 30.0 Å². The second-order valence-electron chi connectivity index (χ2n) is 8.85. The lowest BCUT2D eigenvalue weighted by Crippen LogP contribution is -2.08. The van der Waals surface area contributed by atoms with E-state index in [1.807, 2.05) is 0 Å². The fourth-order valence-corrected chi connectivity index (χ4v) is 4.57. The van der Waals surface area contributed by atoms with Gasteiger partial charge in [-0.3, -0.25) is 0 Å². The van der Waals surface area contributed by atoms with Crippen LogP contribution >= 0.6 is 11.6 Å². The van der Waals surface area contributed by atoms with Crippen LogP contribution in [0.3, 0.4) is 0 Å². The summed E-state index contributed by atoms with van der Waals surface area (Å²) in [4.78, 5) is 17.2. The summed E-state index contributed by atoms with van der Waals surface area (Å²) in [6, 6.07) is 3.63. The summed E-state index contributed by atoms with van der Waals surface area (Å²) in [5.74, 6) is 1.42. The minimum atomic E-state index is -4.56. The minimum absolute atomic E-state index is 0.167. The smallest absolute Gasteiger partial charge is 0.416 e. The Balaban J connectivity index is 1.38. The zero-order valence-electron chi connectivity index (χ0n) is 21.2. The van der Waals surface area contributed by atoms with Gasteiger partial charge in [0.15, 0.2) is 28.5 Å². The maximum absolute atomic E-state index is 13.7. The van der Waals surface area contributed by atoms with E-state index in [0.29, 0.717) is 28.3 Å². The van der Waals surface area contributed by atoms with Crippen molar-refractivity contribution in [3.63, 3.8) is 0 Å². The van der Waals surface area contributed by atoms with E-state index in [1.54, 1.807) is 54.8 Å². The van der Waals surface area contributed by atoms with Crippen molar-refractivity contribution in [2.24, 2.45) is 7.05 Å². The number of imidazole rings is 2. The second-order valence-corrected chi connectivity index (χ2v) is 9.22. The van der Waals surface area contributed by atoms with E-state index in [9.17, 15) is 13.2 Å². The standard InChI is InChI=1S/C25H20ClF3N10O/c1-13-11-38(12-33-13)16-7-14(25(27,28)29)6-15(8-16)35-24-36-23-21(37(24)3)19(26)17(9-32-23)40-18-10-34-39-5-4-31-22(30-2)20(18)39/h4-12H,1-3H3,(H,30,31)(H,32,35,36). The largest absolute Gasteiger partial charge is 0.450 e. The highest BCUT2D eigenvalue weighted by atomic mass is 35.5. The maximum atomic E-state index is 13.7. The summed E-state index contributed by atoms with van der Waals surface area (Å²) < 4.78 is 51.9. The Hall–Kier alpha value is -4.85. The highest BCUT2D eigenvalue weighted by Gasteiger charge is 2.31. The van der Waals surface area contributed by atoms with Crippen LogP contribution in [0.15, 0.2) is 55.5 Å². The van der Waals surface area contributed by atoms with Crippen molar-refractivity contribution in [3.05, 3.63) is 71.8 Å². The van der Waals surface area contributed by atoms with E-state index in [1.165, 1.54) is 23.3 Å². The molecule has 204 valence electrons. The van der Waals surface area contributed by atoms with Crippen LogP contribution in [0, 0.1) is 6.92 Å². The molecule has 0 spiro atoms. The number of hydrogen-bond acceptors (Lipinski definition) is 8. The van der Waals surface area contributed by atoms with Gasteiger partial charge in [0.1, 0.15) is 10.5 Å². The molecule has 6 rings (SSSR count). The Morgan fingerprint density at radius 3 is 2.58 bits per heavy atom. The van der Waals surface area contributed by atoms with Crippen LogP contribution < -0.4 is 15.4 Å². The summed E-state index contributed by atoms with van der Waals surface area (Å²) >= 11 is 6.73. The third kappa shape index (κ3) is 4.41. The molecule has 5 heterocycles. The second kappa shape index (κ2) is 9.41. The number of rotatable bonds is 6. The third-order valence-corrected chi connectivity index (χ3v) is 6.54. The first-order valence-electron chi connectivity index (χ1n) is 11.8. The molecule has 11 nitrogen and oxygen atoms in total. The van der Waals surface area contributed by atoms with Gasteiger partial charge in [-0.25, -0.2) is 19.5 Å². The number of nitrogens with zero attached hydrogens (tertiary/aromatic N) is 8. The van der Waals surface area contributed by atoms with E-state index in [0.717, 1.165) is 12.1 Å². The van der Waals surface area contributed by atoms with Gasteiger partial charge in [-0.2, -0.15) is 23.3 Å². The zero-order chi connectivity index (χ0) is 28.2. The predicted molar refractivity (Wildman–Crippen MR) is 143 cm³/mol. The molecule has 0 aliphatic rings. The molecule has 0 unspecified atom stereocenters. The van der Waals surface area contributed by atoms with Crippen LogP contribution in [0.25, 0.3) is 22.4 Å². The molecule has 0 aliphatic heterocycles. The van der Waals surface area contributed by atoms with Crippen molar-refractivity contribution >= 4 is 45.7 Å².